The number of aliphatic hydroxyl groups excluding tert-OH is 1. The molecule has 0 aromatic heterocycles. The van der Waals surface area contributed by atoms with E-state index in [1.807, 2.05) is 6.92 Å². The number of aliphatic hydroxyl groups is 1. The van der Waals surface area contributed by atoms with Gasteiger partial charge < -0.3 is 37.3 Å². The number of hydrogen-bond acceptors (Lipinski definition) is 7. The zero-order valence-corrected chi connectivity index (χ0v) is 16.2. The molecule has 5 atom stereocenters. The molecule has 0 saturated carbocycles. The van der Waals surface area contributed by atoms with Crippen LogP contribution in [0.1, 0.15) is 40.0 Å². The number of carbonyl (C=O) groups is 4. The molecule has 0 aromatic rings. The van der Waals surface area contributed by atoms with Gasteiger partial charge in [0.05, 0.1) is 24.7 Å². The number of amides is 3. The maximum atomic E-state index is 12.2. The molecular weight excluding hydrogens is 354 g/mol. The predicted molar refractivity (Wildman–Crippen MR) is 100 cm³/mol. The second-order valence-corrected chi connectivity index (χ2v) is 6.60. The first-order valence-electron chi connectivity index (χ1n) is 9.14. The Labute approximate surface area is 159 Å². The lowest BCUT2D eigenvalue weighted by Crippen LogP contribution is -2.57. The fraction of sp³-hybridized carbons (Fsp3) is 0.765. The molecule has 0 rings (SSSR count). The van der Waals surface area contributed by atoms with E-state index in [1.165, 1.54) is 6.92 Å². The van der Waals surface area contributed by atoms with Gasteiger partial charge in [-0.3, -0.25) is 14.4 Å². The standard InChI is InChI=1S/C17H33N5O5/c1-4-10(2)14(19)16(26)22-15(11(3)24)17(27)20-8-13(25)21-12(9-23)6-5-7-18/h9-12,14-15,24H,4-8,18-19H2,1-3H3,(H,20,27)(H,21,25)(H,22,26)/t10-,11-,12-,14-,15-/m0/s1. The minimum atomic E-state index is -1.25. The van der Waals surface area contributed by atoms with E-state index in [-0.39, 0.29) is 5.92 Å². The van der Waals surface area contributed by atoms with Gasteiger partial charge in [0, 0.05) is 0 Å². The molecule has 0 spiro atoms. The van der Waals surface area contributed by atoms with Crippen molar-refractivity contribution < 1.29 is 24.3 Å². The molecule has 0 aliphatic heterocycles. The van der Waals surface area contributed by atoms with Crippen molar-refractivity contribution in [1.29, 1.82) is 0 Å². The molecule has 0 aromatic carbocycles. The third kappa shape index (κ3) is 9.45. The summed E-state index contributed by atoms with van der Waals surface area (Å²) < 4.78 is 0. The average molecular weight is 387 g/mol. The third-order valence-corrected chi connectivity index (χ3v) is 4.28. The second-order valence-electron chi connectivity index (χ2n) is 6.60. The molecule has 8 N–H and O–H groups in total. The van der Waals surface area contributed by atoms with Crippen LogP contribution >= 0.6 is 0 Å². The van der Waals surface area contributed by atoms with Crippen LogP contribution in [0.25, 0.3) is 0 Å². The summed E-state index contributed by atoms with van der Waals surface area (Å²) in [4.78, 5) is 47.1. The Kier molecular flexibility index (Phi) is 12.2. The number of nitrogens with two attached hydrogens (primary N) is 2. The maximum absolute atomic E-state index is 12.2. The molecule has 0 bridgehead atoms. The number of aldehydes is 1. The first-order valence-corrected chi connectivity index (χ1v) is 9.14. The lowest BCUT2D eigenvalue weighted by molar-refractivity contribution is -0.133. The van der Waals surface area contributed by atoms with Crippen molar-refractivity contribution in [3.05, 3.63) is 0 Å². The lowest BCUT2D eigenvalue weighted by atomic mass is 9.99. The fourth-order valence-electron chi connectivity index (χ4n) is 2.21. The largest absolute Gasteiger partial charge is 0.391 e. The normalized spacial score (nSPS) is 16.4. The Hall–Kier alpha value is -2.04. The van der Waals surface area contributed by atoms with Crippen LogP contribution in [0.4, 0.5) is 0 Å². The second kappa shape index (κ2) is 13.2. The molecular formula is C17H33N5O5. The molecule has 0 saturated heterocycles. The summed E-state index contributed by atoms with van der Waals surface area (Å²) in [6, 6.07) is -2.75. The van der Waals surface area contributed by atoms with Crippen LogP contribution in [-0.4, -0.2) is 66.4 Å². The third-order valence-electron chi connectivity index (χ3n) is 4.28. The van der Waals surface area contributed by atoms with Crippen molar-refractivity contribution in [3.8, 4) is 0 Å². The van der Waals surface area contributed by atoms with Gasteiger partial charge >= 0.3 is 0 Å². The van der Waals surface area contributed by atoms with E-state index >= 15 is 0 Å². The highest BCUT2D eigenvalue weighted by molar-refractivity contribution is 5.92. The van der Waals surface area contributed by atoms with E-state index in [0.717, 1.165) is 0 Å². The quantitative estimate of drug-likeness (QED) is 0.194. The molecule has 156 valence electrons. The summed E-state index contributed by atoms with van der Waals surface area (Å²) in [6.45, 7) is 5.03. The predicted octanol–water partition coefficient (Wildman–Crippen LogP) is -2.24. The van der Waals surface area contributed by atoms with Gasteiger partial charge in [0.25, 0.3) is 0 Å². The topological polar surface area (TPSA) is 177 Å². The molecule has 3 amide bonds. The minimum absolute atomic E-state index is 0.0951. The van der Waals surface area contributed by atoms with E-state index in [4.69, 9.17) is 11.5 Å². The highest BCUT2D eigenvalue weighted by atomic mass is 16.3. The number of rotatable bonds is 13. The van der Waals surface area contributed by atoms with Crippen molar-refractivity contribution in [1.82, 2.24) is 16.0 Å². The van der Waals surface area contributed by atoms with Crippen molar-refractivity contribution in [2.45, 2.75) is 64.3 Å². The SMILES string of the molecule is CC[C@H](C)[C@H](N)C(=O)N[C@H](C(=O)NCC(=O)N[C@H](C=O)CCCN)[C@H](C)O. The van der Waals surface area contributed by atoms with Crippen molar-refractivity contribution in [2.24, 2.45) is 17.4 Å². The Morgan fingerprint density at radius 3 is 2.26 bits per heavy atom. The van der Waals surface area contributed by atoms with Gasteiger partial charge in [-0.25, -0.2) is 0 Å². The van der Waals surface area contributed by atoms with E-state index in [9.17, 15) is 24.3 Å². The van der Waals surface area contributed by atoms with E-state index in [0.29, 0.717) is 32.1 Å². The number of hydrogen-bond donors (Lipinski definition) is 6. The summed E-state index contributed by atoms with van der Waals surface area (Å²) in [7, 11) is 0. The van der Waals surface area contributed by atoms with Crippen molar-refractivity contribution >= 4 is 24.0 Å². The molecule has 0 aliphatic rings. The van der Waals surface area contributed by atoms with Gasteiger partial charge in [-0.15, -0.1) is 0 Å². The molecule has 10 nitrogen and oxygen atoms in total. The van der Waals surface area contributed by atoms with E-state index < -0.39 is 48.5 Å². The Morgan fingerprint density at radius 2 is 1.78 bits per heavy atom. The Balaban J connectivity index is 4.65. The maximum Gasteiger partial charge on any atom is 0.245 e. The van der Waals surface area contributed by atoms with Gasteiger partial charge in [-0.05, 0) is 32.2 Å². The zero-order valence-electron chi connectivity index (χ0n) is 16.2. The summed E-state index contributed by atoms with van der Waals surface area (Å²) in [5.41, 5.74) is 11.2. The smallest absolute Gasteiger partial charge is 0.245 e. The highest BCUT2D eigenvalue weighted by Gasteiger charge is 2.29. The molecule has 0 unspecified atom stereocenters. The minimum Gasteiger partial charge on any atom is -0.391 e. The molecule has 27 heavy (non-hydrogen) atoms. The van der Waals surface area contributed by atoms with Crippen LogP contribution in [0.5, 0.6) is 0 Å². The monoisotopic (exact) mass is 387 g/mol. The number of nitrogens with one attached hydrogen (secondary N) is 3. The summed E-state index contributed by atoms with van der Waals surface area (Å²) in [5.74, 6) is -1.95. The summed E-state index contributed by atoms with van der Waals surface area (Å²) >= 11 is 0. The summed E-state index contributed by atoms with van der Waals surface area (Å²) in [6.07, 6.45) is 1.07. The summed E-state index contributed by atoms with van der Waals surface area (Å²) in [5, 5.41) is 17.0. The Bertz CT molecular complexity index is 500. The lowest BCUT2D eigenvalue weighted by Gasteiger charge is -2.24. The molecule has 0 fully saturated rings. The van der Waals surface area contributed by atoms with E-state index in [1.54, 1.807) is 6.92 Å². The number of carbonyl (C=O) groups excluding carboxylic acids is 4. The van der Waals surface area contributed by atoms with Crippen LogP contribution in [0.15, 0.2) is 0 Å². The first-order chi connectivity index (χ1) is 12.7. The first kappa shape index (κ1) is 25.0. The molecule has 0 heterocycles. The van der Waals surface area contributed by atoms with Crippen molar-refractivity contribution in [3.63, 3.8) is 0 Å². The van der Waals surface area contributed by atoms with Crippen LogP contribution in [-0.2, 0) is 19.2 Å². The van der Waals surface area contributed by atoms with Gasteiger partial charge in [0.15, 0.2) is 0 Å². The van der Waals surface area contributed by atoms with Crippen LogP contribution in [0.2, 0.25) is 0 Å². The van der Waals surface area contributed by atoms with Crippen LogP contribution in [0.3, 0.4) is 0 Å². The fourth-order valence-corrected chi connectivity index (χ4v) is 2.21. The molecule has 10 heteroatoms. The average Bonchev–Trinajstić information content (AvgIpc) is 2.65. The Morgan fingerprint density at radius 1 is 1.15 bits per heavy atom. The van der Waals surface area contributed by atoms with Gasteiger partial charge in [0.2, 0.25) is 17.7 Å². The van der Waals surface area contributed by atoms with E-state index in [2.05, 4.69) is 16.0 Å². The molecule has 0 radical (unpaired) electrons. The van der Waals surface area contributed by atoms with Gasteiger partial charge in [0.1, 0.15) is 12.3 Å². The van der Waals surface area contributed by atoms with Crippen LogP contribution in [0, 0.1) is 5.92 Å². The zero-order chi connectivity index (χ0) is 21.0. The van der Waals surface area contributed by atoms with Crippen LogP contribution < -0.4 is 27.4 Å². The highest BCUT2D eigenvalue weighted by Crippen LogP contribution is 2.06. The van der Waals surface area contributed by atoms with Crippen molar-refractivity contribution in [2.75, 3.05) is 13.1 Å². The van der Waals surface area contributed by atoms with Gasteiger partial charge in [-0.1, -0.05) is 20.3 Å². The van der Waals surface area contributed by atoms with Gasteiger partial charge in [-0.2, -0.15) is 0 Å². The molecule has 0 aliphatic carbocycles.